The molecular weight excluding hydrogens is 382 g/mol. The number of piperazine rings is 1. The van der Waals surface area contributed by atoms with Crippen molar-refractivity contribution in [3.05, 3.63) is 58.3 Å². The van der Waals surface area contributed by atoms with E-state index in [-0.39, 0.29) is 32.1 Å². The second-order valence-electron chi connectivity index (χ2n) is 5.69. The number of hydrogen-bond acceptors (Lipinski definition) is 4. The number of thiophene rings is 1. The highest BCUT2D eigenvalue weighted by molar-refractivity contribution is 7.89. The monoisotopic (exact) mass is 398 g/mol. The Hall–Kier alpha value is -2.10. The highest BCUT2D eigenvalue weighted by Gasteiger charge is 2.31. The molecule has 1 aromatic carbocycles. The zero-order chi connectivity index (χ0) is 18.7. The summed E-state index contributed by atoms with van der Waals surface area (Å²) in [5, 5.41) is 3.81. The van der Waals surface area contributed by atoms with Crippen LogP contribution in [0.3, 0.4) is 0 Å². The third kappa shape index (κ3) is 4.00. The van der Waals surface area contributed by atoms with Gasteiger partial charge < -0.3 is 4.90 Å². The molecule has 1 amide bonds. The number of amides is 1. The number of halogens is 2. The van der Waals surface area contributed by atoms with Crippen molar-refractivity contribution in [1.82, 2.24) is 9.21 Å². The van der Waals surface area contributed by atoms with Crippen molar-refractivity contribution in [1.29, 1.82) is 0 Å². The maximum Gasteiger partial charge on any atom is 0.246 e. The van der Waals surface area contributed by atoms with Gasteiger partial charge in [-0.05, 0) is 46.7 Å². The van der Waals surface area contributed by atoms with Crippen molar-refractivity contribution in [3.63, 3.8) is 0 Å². The molecule has 0 N–H and O–H groups in total. The normalized spacial score (nSPS) is 16.3. The second-order valence-corrected chi connectivity index (χ2v) is 8.38. The van der Waals surface area contributed by atoms with Crippen LogP contribution in [0.1, 0.15) is 5.56 Å². The van der Waals surface area contributed by atoms with Gasteiger partial charge in [0.1, 0.15) is 16.5 Å². The van der Waals surface area contributed by atoms with Gasteiger partial charge in [0, 0.05) is 32.3 Å². The van der Waals surface area contributed by atoms with Crippen LogP contribution in [0.4, 0.5) is 8.78 Å². The fraction of sp³-hybridized carbons (Fsp3) is 0.235. The molecule has 0 radical (unpaired) electrons. The third-order valence-electron chi connectivity index (χ3n) is 4.02. The molecule has 26 heavy (non-hydrogen) atoms. The van der Waals surface area contributed by atoms with Gasteiger partial charge in [-0.15, -0.1) is 0 Å². The topological polar surface area (TPSA) is 57.7 Å². The summed E-state index contributed by atoms with van der Waals surface area (Å²) in [5.74, 6) is -2.04. The number of rotatable bonds is 4. The Bertz CT molecular complexity index is 919. The largest absolute Gasteiger partial charge is 0.337 e. The van der Waals surface area contributed by atoms with Crippen LogP contribution in [-0.2, 0) is 14.8 Å². The van der Waals surface area contributed by atoms with Crippen molar-refractivity contribution < 1.29 is 22.0 Å². The van der Waals surface area contributed by atoms with E-state index in [2.05, 4.69) is 0 Å². The van der Waals surface area contributed by atoms with Crippen molar-refractivity contribution >= 4 is 33.3 Å². The first-order valence-electron chi connectivity index (χ1n) is 7.82. The molecule has 5 nitrogen and oxygen atoms in total. The molecule has 1 saturated heterocycles. The summed E-state index contributed by atoms with van der Waals surface area (Å²) in [6.07, 6.45) is 3.14. The van der Waals surface area contributed by atoms with Gasteiger partial charge in [0.25, 0.3) is 0 Å². The fourth-order valence-electron chi connectivity index (χ4n) is 2.61. The van der Waals surface area contributed by atoms with Gasteiger partial charge in [0.05, 0.1) is 0 Å². The van der Waals surface area contributed by atoms with Gasteiger partial charge in [0.15, 0.2) is 0 Å². The minimum absolute atomic E-state index is 0.0241. The molecule has 9 heteroatoms. The SMILES string of the molecule is O=C(/C=C/c1ccsc1)N1CCN(S(=O)(=O)c2cc(F)ccc2F)CC1. The number of nitrogens with zero attached hydrogens (tertiary/aromatic N) is 2. The van der Waals surface area contributed by atoms with Gasteiger partial charge >= 0.3 is 0 Å². The van der Waals surface area contributed by atoms with Crippen LogP contribution in [0.25, 0.3) is 6.08 Å². The molecule has 2 heterocycles. The second kappa shape index (κ2) is 7.65. The lowest BCUT2D eigenvalue weighted by Crippen LogP contribution is -2.50. The van der Waals surface area contributed by atoms with Gasteiger partial charge in [0.2, 0.25) is 15.9 Å². The molecule has 1 fully saturated rings. The van der Waals surface area contributed by atoms with E-state index in [0.29, 0.717) is 6.07 Å². The van der Waals surface area contributed by atoms with Crippen molar-refractivity contribution in [2.45, 2.75) is 4.90 Å². The van der Waals surface area contributed by atoms with Gasteiger partial charge in [-0.2, -0.15) is 15.6 Å². The Labute approximate surface area is 154 Å². The van der Waals surface area contributed by atoms with Gasteiger partial charge in [-0.25, -0.2) is 17.2 Å². The predicted octanol–water partition coefficient (Wildman–Crippen LogP) is 2.57. The van der Waals surface area contributed by atoms with E-state index >= 15 is 0 Å². The molecule has 0 atom stereocenters. The average molecular weight is 398 g/mol. The summed E-state index contributed by atoms with van der Waals surface area (Å²) < 4.78 is 53.2. The minimum atomic E-state index is -4.15. The number of carbonyl (C=O) groups excluding carboxylic acids is 1. The number of sulfonamides is 1. The van der Waals surface area contributed by atoms with E-state index in [9.17, 15) is 22.0 Å². The van der Waals surface area contributed by atoms with Gasteiger partial charge in [-0.1, -0.05) is 0 Å². The fourth-order valence-corrected chi connectivity index (χ4v) is 4.73. The average Bonchev–Trinajstić information content (AvgIpc) is 3.15. The highest BCUT2D eigenvalue weighted by Crippen LogP contribution is 2.22. The molecule has 1 aliphatic rings. The van der Waals surface area contributed by atoms with Crippen LogP contribution in [0, 0.1) is 11.6 Å². The molecule has 0 spiro atoms. The molecule has 0 saturated carbocycles. The number of carbonyl (C=O) groups is 1. The lowest BCUT2D eigenvalue weighted by Gasteiger charge is -2.33. The summed E-state index contributed by atoms with van der Waals surface area (Å²) in [6, 6.07) is 4.21. The lowest BCUT2D eigenvalue weighted by atomic mass is 10.3. The zero-order valence-corrected chi connectivity index (χ0v) is 15.3. The van der Waals surface area contributed by atoms with Crippen LogP contribution >= 0.6 is 11.3 Å². The molecular formula is C17H16F2N2O3S2. The Morgan fingerprint density at radius 3 is 2.50 bits per heavy atom. The molecule has 3 rings (SSSR count). The van der Waals surface area contributed by atoms with Crippen LogP contribution in [-0.4, -0.2) is 49.7 Å². The molecule has 138 valence electrons. The minimum Gasteiger partial charge on any atom is -0.337 e. The van der Waals surface area contributed by atoms with E-state index in [4.69, 9.17) is 0 Å². The van der Waals surface area contributed by atoms with Crippen LogP contribution in [0.2, 0.25) is 0 Å². The van der Waals surface area contributed by atoms with Crippen molar-refractivity contribution in [2.75, 3.05) is 26.2 Å². The van der Waals surface area contributed by atoms with Crippen molar-refractivity contribution in [2.24, 2.45) is 0 Å². The Balaban J connectivity index is 1.66. The van der Waals surface area contributed by atoms with E-state index in [1.54, 1.807) is 6.08 Å². The van der Waals surface area contributed by atoms with E-state index in [0.717, 1.165) is 22.0 Å². The smallest absolute Gasteiger partial charge is 0.246 e. The molecule has 1 aliphatic heterocycles. The predicted molar refractivity (Wildman–Crippen MR) is 95.0 cm³/mol. The molecule has 1 aromatic heterocycles. The zero-order valence-electron chi connectivity index (χ0n) is 13.6. The molecule has 0 aliphatic carbocycles. The number of benzene rings is 1. The quantitative estimate of drug-likeness (QED) is 0.744. The Morgan fingerprint density at radius 2 is 1.85 bits per heavy atom. The van der Waals surface area contributed by atoms with Crippen LogP contribution in [0.15, 0.2) is 46.0 Å². The summed E-state index contributed by atoms with van der Waals surface area (Å²) in [6.45, 7) is 0.415. The Kier molecular flexibility index (Phi) is 5.49. The van der Waals surface area contributed by atoms with Crippen molar-refractivity contribution in [3.8, 4) is 0 Å². The third-order valence-corrected chi connectivity index (χ3v) is 6.64. The molecule has 0 bridgehead atoms. The first-order valence-corrected chi connectivity index (χ1v) is 10.2. The van der Waals surface area contributed by atoms with Crippen LogP contribution in [0.5, 0.6) is 0 Å². The Morgan fingerprint density at radius 1 is 1.12 bits per heavy atom. The van der Waals surface area contributed by atoms with E-state index < -0.39 is 26.6 Å². The van der Waals surface area contributed by atoms with E-state index in [1.807, 2.05) is 16.8 Å². The number of hydrogen-bond donors (Lipinski definition) is 0. The van der Waals surface area contributed by atoms with Gasteiger partial charge in [-0.3, -0.25) is 4.79 Å². The first-order chi connectivity index (χ1) is 12.4. The lowest BCUT2D eigenvalue weighted by molar-refractivity contribution is -0.127. The summed E-state index contributed by atoms with van der Waals surface area (Å²) in [5.41, 5.74) is 0.922. The maximum atomic E-state index is 13.8. The summed E-state index contributed by atoms with van der Waals surface area (Å²) >= 11 is 1.52. The molecule has 0 unspecified atom stereocenters. The standard InChI is InChI=1S/C17H16F2N2O3S2/c18-14-2-3-15(19)16(11-14)26(23,24)21-8-6-20(7-9-21)17(22)4-1-13-5-10-25-12-13/h1-5,10-12H,6-9H2/b4-1+. The van der Waals surface area contributed by atoms with Crippen LogP contribution < -0.4 is 0 Å². The summed E-state index contributed by atoms with van der Waals surface area (Å²) in [4.78, 5) is 13.0. The molecule has 2 aromatic rings. The first kappa shape index (κ1) is 18.7. The highest BCUT2D eigenvalue weighted by atomic mass is 32.2. The summed E-state index contributed by atoms with van der Waals surface area (Å²) in [7, 11) is -4.15. The maximum absolute atomic E-state index is 13.8. The van der Waals surface area contributed by atoms with E-state index in [1.165, 1.54) is 22.3 Å².